The van der Waals surface area contributed by atoms with Gasteiger partial charge in [-0.25, -0.2) is 4.68 Å². The number of hydrogen-bond acceptors (Lipinski definition) is 8. The van der Waals surface area contributed by atoms with E-state index in [4.69, 9.17) is 19.9 Å². The second kappa shape index (κ2) is 9.48. The molecule has 3 rings (SSSR count). The maximum atomic E-state index is 12.6. The SMILES string of the molecule is COc1cc(NC(=O)c2nnn(CC(=O)Nc3ccccc3OC)c2N)cc(OC)c1. The first-order valence-corrected chi connectivity index (χ1v) is 9.11. The fourth-order valence-electron chi connectivity index (χ4n) is 2.74. The molecule has 11 nitrogen and oxygen atoms in total. The van der Waals surface area contributed by atoms with Crippen LogP contribution in [-0.2, 0) is 11.3 Å². The number of nitrogens with one attached hydrogen (secondary N) is 2. The highest BCUT2D eigenvalue weighted by Crippen LogP contribution is 2.26. The molecule has 11 heteroatoms. The van der Waals surface area contributed by atoms with Crippen molar-refractivity contribution in [3.63, 3.8) is 0 Å². The minimum Gasteiger partial charge on any atom is -0.497 e. The van der Waals surface area contributed by atoms with Crippen LogP contribution in [0.1, 0.15) is 10.5 Å². The summed E-state index contributed by atoms with van der Waals surface area (Å²) < 4.78 is 16.7. The Kier molecular flexibility index (Phi) is 6.55. The number of nitrogens with zero attached hydrogens (tertiary/aromatic N) is 3. The summed E-state index contributed by atoms with van der Waals surface area (Å²) in [6.07, 6.45) is 0. The third-order valence-electron chi connectivity index (χ3n) is 4.27. The van der Waals surface area contributed by atoms with Crippen LogP contribution in [0.15, 0.2) is 42.5 Å². The lowest BCUT2D eigenvalue weighted by atomic mass is 10.2. The van der Waals surface area contributed by atoms with Crippen LogP contribution in [0.4, 0.5) is 17.2 Å². The second-order valence-corrected chi connectivity index (χ2v) is 6.28. The minimum atomic E-state index is -0.593. The summed E-state index contributed by atoms with van der Waals surface area (Å²) in [6, 6.07) is 11.9. The van der Waals surface area contributed by atoms with E-state index >= 15 is 0 Å². The molecule has 0 bridgehead atoms. The molecule has 0 aliphatic rings. The van der Waals surface area contributed by atoms with Crippen LogP contribution in [-0.4, -0.2) is 48.1 Å². The van der Waals surface area contributed by atoms with Gasteiger partial charge in [-0.05, 0) is 12.1 Å². The van der Waals surface area contributed by atoms with Crippen LogP contribution in [0.2, 0.25) is 0 Å². The summed E-state index contributed by atoms with van der Waals surface area (Å²) in [7, 11) is 4.50. The number of amides is 2. The molecule has 162 valence electrons. The quantitative estimate of drug-likeness (QED) is 0.495. The van der Waals surface area contributed by atoms with E-state index in [1.165, 1.54) is 21.3 Å². The first kappa shape index (κ1) is 21.4. The first-order valence-electron chi connectivity index (χ1n) is 9.11. The maximum absolute atomic E-state index is 12.6. The molecule has 4 N–H and O–H groups in total. The van der Waals surface area contributed by atoms with Gasteiger partial charge in [0.2, 0.25) is 5.91 Å². The summed E-state index contributed by atoms with van der Waals surface area (Å²) >= 11 is 0. The highest BCUT2D eigenvalue weighted by atomic mass is 16.5. The first-order chi connectivity index (χ1) is 14.9. The van der Waals surface area contributed by atoms with Gasteiger partial charge in [-0.2, -0.15) is 0 Å². The van der Waals surface area contributed by atoms with Crippen molar-refractivity contribution in [2.45, 2.75) is 6.54 Å². The number of methoxy groups -OCH3 is 3. The fraction of sp³-hybridized carbons (Fsp3) is 0.200. The van der Waals surface area contributed by atoms with E-state index in [2.05, 4.69) is 20.9 Å². The molecule has 0 unspecified atom stereocenters. The average Bonchev–Trinajstić information content (AvgIpc) is 3.13. The Bertz CT molecular complexity index is 1080. The van der Waals surface area contributed by atoms with Gasteiger partial charge >= 0.3 is 0 Å². The average molecular weight is 426 g/mol. The van der Waals surface area contributed by atoms with Crippen LogP contribution in [0.5, 0.6) is 17.2 Å². The van der Waals surface area contributed by atoms with E-state index in [1.807, 2.05) is 0 Å². The summed E-state index contributed by atoms with van der Waals surface area (Å²) in [5.74, 6) is 0.451. The van der Waals surface area contributed by atoms with Crippen molar-refractivity contribution < 1.29 is 23.8 Å². The fourth-order valence-corrected chi connectivity index (χ4v) is 2.74. The number of para-hydroxylation sites is 2. The van der Waals surface area contributed by atoms with Crippen molar-refractivity contribution in [1.82, 2.24) is 15.0 Å². The molecule has 0 fully saturated rings. The molecule has 0 saturated carbocycles. The summed E-state index contributed by atoms with van der Waals surface area (Å²) in [5.41, 5.74) is 6.79. The smallest absolute Gasteiger partial charge is 0.280 e. The Morgan fingerprint density at radius 2 is 1.68 bits per heavy atom. The number of anilines is 3. The van der Waals surface area contributed by atoms with Crippen molar-refractivity contribution in [1.29, 1.82) is 0 Å². The van der Waals surface area contributed by atoms with Gasteiger partial charge in [0, 0.05) is 23.9 Å². The van der Waals surface area contributed by atoms with Crippen molar-refractivity contribution >= 4 is 29.0 Å². The number of carbonyl (C=O) groups is 2. The zero-order valence-corrected chi connectivity index (χ0v) is 17.2. The van der Waals surface area contributed by atoms with Crippen molar-refractivity contribution in [3.05, 3.63) is 48.2 Å². The number of aromatic nitrogens is 3. The Morgan fingerprint density at radius 3 is 2.32 bits per heavy atom. The van der Waals surface area contributed by atoms with Crippen molar-refractivity contribution in [3.8, 4) is 17.2 Å². The van der Waals surface area contributed by atoms with Gasteiger partial charge in [-0.1, -0.05) is 17.3 Å². The van der Waals surface area contributed by atoms with Gasteiger partial charge in [-0.3, -0.25) is 9.59 Å². The Morgan fingerprint density at radius 1 is 1.00 bits per heavy atom. The van der Waals surface area contributed by atoms with Crippen LogP contribution in [0.3, 0.4) is 0 Å². The highest BCUT2D eigenvalue weighted by Gasteiger charge is 2.20. The third-order valence-corrected chi connectivity index (χ3v) is 4.27. The molecular formula is C20H22N6O5. The summed E-state index contributed by atoms with van der Waals surface area (Å²) in [6.45, 7) is -0.239. The van der Waals surface area contributed by atoms with E-state index in [1.54, 1.807) is 42.5 Å². The number of carbonyl (C=O) groups excluding carboxylic acids is 2. The Labute approximate surface area is 178 Å². The molecule has 0 spiro atoms. The largest absolute Gasteiger partial charge is 0.497 e. The van der Waals surface area contributed by atoms with Crippen molar-refractivity contribution in [2.24, 2.45) is 0 Å². The number of ether oxygens (including phenoxy) is 3. The maximum Gasteiger partial charge on any atom is 0.280 e. The molecule has 2 amide bonds. The molecule has 1 heterocycles. The van der Waals surface area contributed by atoms with E-state index in [0.29, 0.717) is 28.6 Å². The van der Waals surface area contributed by atoms with Crippen molar-refractivity contribution in [2.75, 3.05) is 37.7 Å². The van der Waals surface area contributed by atoms with Gasteiger partial charge in [0.15, 0.2) is 11.5 Å². The van der Waals surface area contributed by atoms with E-state index in [-0.39, 0.29) is 18.1 Å². The summed E-state index contributed by atoms with van der Waals surface area (Å²) in [5, 5.41) is 13.0. The zero-order valence-electron chi connectivity index (χ0n) is 17.2. The molecule has 0 saturated heterocycles. The van der Waals surface area contributed by atoms with E-state index in [0.717, 1.165) is 4.68 Å². The number of benzene rings is 2. The van der Waals surface area contributed by atoms with E-state index < -0.39 is 11.8 Å². The molecule has 0 aliphatic heterocycles. The minimum absolute atomic E-state index is 0.0532. The highest BCUT2D eigenvalue weighted by molar-refractivity contribution is 6.06. The molecular weight excluding hydrogens is 404 g/mol. The lowest BCUT2D eigenvalue weighted by Gasteiger charge is -2.10. The second-order valence-electron chi connectivity index (χ2n) is 6.28. The lowest BCUT2D eigenvalue weighted by molar-refractivity contribution is -0.116. The Hall–Kier alpha value is -4.28. The number of nitrogens with two attached hydrogens (primary N) is 1. The van der Waals surface area contributed by atoms with Gasteiger partial charge in [0.05, 0.1) is 27.0 Å². The monoisotopic (exact) mass is 426 g/mol. The van der Waals surface area contributed by atoms with Gasteiger partial charge < -0.3 is 30.6 Å². The molecule has 0 radical (unpaired) electrons. The molecule has 3 aromatic rings. The van der Waals surface area contributed by atoms with E-state index in [9.17, 15) is 9.59 Å². The molecule has 31 heavy (non-hydrogen) atoms. The molecule has 1 aromatic heterocycles. The predicted molar refractivity (Wildman–Crippen MR) is 114 cm³/mol. The van der Waals surface area contributed by atoms with Crippen LogP contribution in [0, 0.1) is 0 Å². The number of nitrogen functional groups attached to an aromatic ring is 1. The molecule has 2 aromatic carbocycles. The van der Waals surface area contributed by atoms with Crippen LogP contribution >= 0.6 is 0 Å². The normalized spacial score (nSPS) is 10.3. The third kappa shape index (κ3) is 5.01. The Balaban J connectivity index is 1.71. The standard InChI is InChI=1S/C20H22N6O5/c1-29-13-8-12(9-14(10-13)30-2)22-20(28)18-19(21)26(25-24-18)11-17(27)23-15-6-4-5-7-16(15)31-3/h4-10H,11,21H2,1-3H3,(H,22,28)(H,23,27). The van der Waals surface area contributed by atoms with Gasteiger partial charge in [0.25, 0.3) is 5.91 Å². The molecule has 0 aliphatic carbocycles. The van der Waals surface area contributed by atoms with Gasteiger partial charge in [0.1, 0.15) is 23.8 Å². The summed E-state index contributed by atoms with van der Waals surface area (Å²) in [4.78, 5) is 25.0. The topological polar surface area (TPSA) is 143 Å². The zero-order chi connectivity index (χ0) is 22.4. The van der Waals surface area contributed by atoms with Crippen LogP contribution in [0.25, 0.3) is 0 Å². The molecule has 0 atom stereocenters. The number of hydrogen-bond donors (Lipinski definition) is 3. The number of rotatable bonds is 8. The van der Waals surface area contributed by atoms with Crippen LogP contribution < -0.4 is 30.6 Å². The lowest BCUT2D eigenvalue weighted by Crippen LogP contribution is -2.21. The predicted octanol–water partition coefficient (Wildman–Crippen LogP) is 1.78. The van der Waals surface area contributed by atoms with Gasteiger partial charge in [-0.15, -0.1) is 5.10 Å².